The van der Waals surface area contributed by atoms with Crippen molar-refractivity contribution in [3.05, 3.63) is 27.8 Å². The molecule has 66 valence electrons. The van der Waals surface area contributed by atoms with Crippen molar-refractivity contribution >= 4 is 46.4 Å². The zero-order valence-electron chi connectivity index (χ0n) is 5.49. The van der Waals surface area contributed by atoms with Gasteiger partial charge in [-0.3, -0.25) is 0 Å². The maximum atomic E-state index is 12.9. The first-order valence-corrected chi connectivity index (χ1v) is 4.44. The molecule has 0 aliphatic carbocycles. The van der Waals surface area contributed by atoms with Crippen LogP contribution in [0.4, 0.5) is 4.39 Å². The van der Waals surface area contributed by atoms with E-state index in [2.05, 4.69) is 4.98 Å². The number of nitrogens with zero attached hydrogens (tertiary/aromatic N) is 1. The van der Waals surface area contributed by atoms with Gasteiger partial charge in [0.05, 0.1) is 11.2 Å². The van der Waals surface area contributed by atoms with E-state index in [0.29, 0.717) is 0 Å². The molecule has 0 saturated carbocycles. The molecule has 0 unspecified atom stereocenters. The van der Waals surface area contributed by atoms with Gasteiger partial charge in [0.15, 0.2) is 0 Å². The fourth-order valence-corrected chi connectivity index (χ4v) is 1.59. The van der Waals surface area contributed by atoms with E-state index in [0.717, 1.165) is 6.20 Å². The third kappa shape index (κ3) is 1.94. The Morgan fingerprint density at radius 2 is 1.92 bits per heavy atom. The molecule has 1 nitrogen and oxygen atoms in total. The van der Waals surface area contributed by atoms with Crippen LogP contribution in [0.3, 0.4) is 0 Å². The van der Waals surface area contributed by atoms with Crippen molar-refractivity contribution in [2.24, 2.45) is 0 Å². The van der Waals surface area contributed by atoms with Crippen molar-refractivity contribution in [1.29, 1.82) is 0 Å². The molecule has 0 aliphatic heterocycles. The van der Waals surface area contributed by atoms with Crippen molar-refractivity contribution in [2.45, 2.75) is 4.84 Å². The predicted octanol–water partition coefficient (Wildman–Crippen LogP) is 4.00. The second kappa shape index (κ2) is 3.97. The first kappa shape index (κ1) is 10.3. The third-order valence-corrected chi connectivity index (χ3v) is 2.39. The van der Waals surface area contributed by atoms with Crippen LogP contribution in [0.2, 0.25) is 10.2 Å². The molecule has 1 aromatic rings. The number of alkyl halides is 2. The van der Waals surface area contributed by atoms with Gasteiger partial charge in [0.2, 0.25) is 0 Å². The van der Waals surface area contributed by atoms with Crippen molar-refractivity contribution < 1.29 is 4.39 Å². The molecule has 0 radical (unpaired) electrons. The SMILES string of the molecule is Fc1cnc(Cl)c(Cl)c1C(Cl)Cl. The summed E-state index contributed by atoms with van der Waals surface area (Å²) in [6, 6.07) is 0. The average Bonchev–Trinajstić information content (AvgIpc) is 1.97. The lowest BCUT2D eigenvalue weighted by Crippen LogP contribution is -1.93. The van der Waals surface area contributed by atoms with Crippen LogP contribution in [0.25, 0.3) is 0 Å². The average molecular weight is 249 g/mol. The molecule has 0 atom stereocenters. The largest absolute Gasteiger partial charge is 0.240 e. The summed E-state index contributed by atoms with van der Waals surface area (Å²) >= 11 is 22.0. The normalized spacial score (nSPS) is 10.8. The number of halogens is 5. The molecule has 1 aromatic heterocycles. The number of hydrogen-bond acceptors (Lipinski definition) is 1. The Morgan fingerprint density at radius 1 is 1.33 bits per heavy atom. The van der Waals surface area contributed by atoms with Gasteiger partial charge in [-0.05, 0) is 0 Å². The number of pyridine rings is 1. The monoisotopic (exact) mass is 247 g/mol. The predicted molar refractivity (Wildman–Crippen MR) is 48.7 cm³/mol. The zero-order valence-corrected chi connectivity index (χ0v) is 8.52. The van der Waals surface area contributed by atoms with Crippen LogP contribution in [0.1, 0.15) is 10.4 Å². The molecule has 1 heterocycles. The quantitative estimate of drug-likeness (QED) is 0.541. The summed E-state index contributed by atoms with van der Waals surface area (Å²) in [5.41, 5.74) is -0.0417. The van der Waals surface area contributed by atoms with Crippen molar-refractivity contribution in [1.82, 2.24) is 4.98 Å². The van der Waals surface area contributed by atoms with E-state index in [1.54, 1.807) is 0 Å². The Morgan fingerprint density at radius 3 is 2.33 bits per heavy atom. The lowest BCUT2D eigenvalue weighted by Gasteiger charge is -2.06. The van der Waals surface area contributed by atoms with Crippen LogP contribution in [0.15, 0.2) is 6.20 Å². The highest BCUT2D eigenvalue weighted by Crippen LogP contribution is 2.35. The maximum absolute atomic E-state index is 12.9. The lowest BCUT2D eigenvalue weighted by atomic mass is 10.3. The van der Waals surface area contributed by atoms with Crippen molar-refractivity contribution in [3.8, 4) is 0 Å². The van der Waals surface area contributed by atoms with Gasteiger partial charge in [-0.15, -0.1) is 0 Å². The van der Waals surface area contributed by atoms with Crippen molar-refractivity contribution in [2.75, 3.05) is 0 Å². The molecule has 0 fully saturated rings. The van der Waals surface area contributed by atoms with Crippen LogP contribution in [0.5, 0.6) is 0 Å². The second-order valence-electron chi connectivity index (χ2n) is 1.93. The molecule has 0 bridgehead atoms. The number of aromatic nitrogens is 1. The molecule has 12 heavy (non-hydrogen) atoms. The lowest BCUT2D eigenvalue weighted by molar-refractivity contribution is 0.609. The van der Waals surface area contributed by atoms with E-state index in [-0.39, 0.29) is 15.7 Å². The standard InChI is InChI=1S/C6H2Cl4FN/c7-4-3(5(8)9)2(11)1-12-6(4)10/h1,5H. The number of hydrogen-bond donors (Lipinski definition) is 0. The number of rotatable bonds is 1. The summed E-state index contributed by atoms with van der Waals surface area (Å²) in [5.74, 6) is -0.667. The summed E-state index contributed by atoms with van der Waals surface area (Å²) in [4.78, 5) is 2.42. The second-order valence-corrected chi connectivity index (χ2v) is 3.76. The van der Waals surface area contributed by atoms with Crippen molar-refractivity contribution in [3.63, 3.8) is 0 Å². The molecule has 0 aliphatic rings. The van der Waals surface area contributed by atoms with E-state index in [1.807, 2.05) is 0 Å². The minimum Gasteiger partial charge on any atom is -0.240 e. The topological polar surface area (TPSA) is 12.9 Å². The van der Waals surface area contributed by atoms with Crippen LogP contribution >= 0.6 is 46.4 Å². The molecule has 0 aromatic carbocycles. The Hall–Kier alpha value is 0.240. The highest BCUT2D eigenvalue weighted by molar-refractivity contribution is 6.47. The molecular formula is C6H2Cl4FN. The van der Waals surface area contributed by atoms with Gasteiger partial charge in [-0.2, -0.15) is 0 Å². The summed E-state index contributed by atoms with van der Waals surface area (Å²) in [6.07, 6.45) is 0.918. The first-order chi connectivity index (χ1) is 5.54. The van der Waals surface area contributed by atoms with Crippen LogP contribution in [-0.4, -0.2) is 4.98 Å². The minimum absolute atomic E-state index is 0.0145. The molecule has 0 amide bonds. The van der Waals surface area contributed by atoms with E-state index >= 15 is 0 Å². The fraction of sp³-hybridized carbons (Fsp3) is 0.167. The fourth-order valence-electron chi connectivity index (χ4n) is 0.656. The Bertz CT molecular complexity index is 302. The zero-order chi connectivity index (χ0) is 9.30. The van der Waals surface area contributed by atoms with E-state index in [1.165, 1.54) is 0 Å². The highest BCUT2D eigenvalue weighted by Gasteiger charge is 2.17. The van der Waals surface area contributed by atoms with E-state index in [4.69, 9.17) is 46.4 Å². The minimum atomic E-state index is -1.04. The summed E-state index contributed by atoms with van der Waals surface area (Å²) in [5, 5.41) is -0.0639. The third-order valence-electron chi connectivity index (χ3n) is 1.18. The summed E-state index contributed by atoms with van der Waals surface area (Å²) < 4.78 is 12.9. The Labute approximate surface area is 88.4 Å². The van der Waals surface area contributed by atoms with Crippen LogP contribution in [0, 0.1) is 5.82 Å². The van der Waals surface area contributed by atoms with Gasteiger partial charge < -0.3 is 0 Å². The molecule has 1 rings (SSSR count). The molecule has 0 saturated heterocycles. The summed E-state index contributed by atoms with van der Waals surface area (Å²) in [7, 11) is 0. The Kier molecular flexibility index (Phi) is 3.41. The van der Waals surface area contributed by atoms with Crippen LogP contribution in [-0.2, 0) is 0 Å². The van der Waals surface area contributed by atoms with Gasteiger partial charge in [0.25, 0.3) is 0 Å². The smallest absolute Gasteiger partial charge is 0.149 e. The van der Waals surface area contributed by atoms with E-state index < -0.39 is 10.7 Å². The van der Waals surface area contributed by atoms with E-state index in [9.17, 15) is 4.39 Å². The van der Waals surface area contributed by atoms with Gasteiger partial charge in [0, 0.05) is 5.56 Å². The molecular weight excluding hydrogens is 247 g/mol. The van der Waals surface area contributed by atoms with Gasteiger partial charge in [0.1, 0.15) is 15.8 Å². The molecule has 6 heteroatoms. The van der Waals surface area contributed by atoms with Gasteiger partial charge in [-0.1, -0.05) is 46.4 Å². The van der Waals surface area contributed by atoms with Gasteiger partial charge in [-0.25, -0.2) is 9.37 Å². The highest BCUT2D eigenvalue weighted by atomic mass is 35.5. The van der Waals surface area contributed by atoms with Gasteiger partial charge >= 0.3 is 0 Å². The Balaban J connectivity index is 3.33. The first-order valence-electron chi connectivity index (χ1n) is 2.81. The van der Waals surface area contributed by atoms with Crippen LogP contribution < -0.4 is 0 Å². The molecule has 0 N–H and O–H groups in total. The summed E-state index contributed by atoms with van der Waals surface area (Å²) in [6.45, 7) is 0. The molecule has 0 spiro atoms. The maximum Gasteiger partial charge on any atom is 0.149 e.